The van der Waals surface area contributed by atoms with E-state index in [9.17, 15) is 0 Å². The second-order valence-corrected chi connectivity index (χ2v) is 7.27. The van der Waals surface area contributed by atoms with Gasteiger partial charge in [-0.05, 0) is 23.7 Å². The molecule has 102 valence electrons. The molecule has 1 saturated carbocycles. The standard InChI is InChI=1S/C15H27N3/c1-10(2)8-18-9-11(3)16-13(18)17-12-14(4,5)15(12,6)7/h9-10,12H,8H2,1-7H3,(H,16,17). The molecule has 0 unspecified atom stereocenters. The van der Waals surface area contributed by atoms with Gasteiger partial charge in [0.1, 0.15) is 0 Å². The second kappa shape index (κ2) is 4.01. The number of rotatable bonds is 4. The third-order valence-corrected chi connectivity index (χ3v) is 4.75. The zero-order chi connectivity index (χ0) is 13.7. The van der Waals surface area contributed by atoms with E-state index in [1.165, 1.54) is 0 Å². The molecule has 1 N–H and O–H groups in total. The van der Waals surface area contributed by atoms with Gasteiger partial charge in [0.25, 0.3) is 0 Å². The van der Waals surface area contributed by atoms with Crippen LogP contribution in [-0.4, -0.2) is 15.6 Å². The highest BCUT2D eigenvalue weighted by molar-refractivity contribution is 5.38. The van der Waals surface area contributed by atoms with Crippen molar-refractivity contribution in [3.63, 3.8) is 0 Å². The molecule has 0 aliphatic heterocycles. The van der Waals surface area contributed by atoms with Gasteiger partial charge in [-0.1, -0.05) is 41.5 Å². The molecule has 3 nitrogen and oxygen atoms in total. The minimum absolute atomic E-state index is 0.343. The maximum atomic E-state index is 4.63. The maximum Gasteiger partial charge on any atom is 0.203 e. The van der Waals surface area contributed by atoms with Crippen LogP contribution < -0.4 is 5.32 Å². The largest absolute Gasteiger partial charge is 0.352 e. The Labute approximate surface area is 111 Å². The molecule has 1 aromatic rings. The number of nitrogens with zero attached hydrogens (tertiary/aromatic N) is 2. The number of aromatic nitrogens is 2. The monoisotopic (exact) mass is 249 g/mol. The smallest absolute Gasteiger partial charge is 0.203 e. The summed E-state index contributed by atoms with van der Waals surface area (Å²) >= 11 is 0. The van der Waals surface area contributed by atoms with Crippen LogP contribution in [0.25, 0.3) is 0 Å². The summed E-state index contributed by atoms with van der Waals surface area (Å²) in [5.74, 6) is 1.67. The van der Waals surface area contributed by atoms with Gasteiger partial charge in [-0.2, -0.15) is 0 Å². The number of anilines is 1. The Balaban J connectivity index is 2.16. The lowest BCUT2D eigenvalue weighted by Gasteiger charge is -2.12. The number of hydrogen-bond donors (Lipinski definition) is 1. The molecule has 2 rings (SSSR count). The van der Waals surface area contributed by atoms with E-state index in [1.54, 1.807) is 0 Å². The lowest BCUT2D eigenvalue weighted by molar-refractivity contribution is 0.457. The average molecular weight is 249 g/mol. The molecule has 0 amide bonds. The third kappa shape index (κ3) is 2.04. The van der Waals surface area contributed by atoms with Crippen molar-refractivity contribution < 1.29 is 0 Å². The van der Waals surface area contributed by atoms with E-state index in [1.807, 2.05) is 0 Å². The van der Waals surface area contributed by atoms with E-state index in [4.69, 9.17) is 0 Å². The third-order valence-electron chi connectivity index (χ3n) is 4.75. The van der Waals surface area contributed by atoms with Crippen molar-refractivity contribution in [3.8, 4) is 0 Å². The van der Waals surface area contributed by atoms with Crippen LogP contribution in [0.3, 0.4) is 0 Å². The Bertz CT molecular complexity index is 427. The molecule has 18 heavy (non-hydrogen) atoms. The Hall–Kier alpha value is -0.990. The molecule has 0 atom stereocenters. The Morgan fingerprint density at radius 1 is 1.28 bits per heavy atom. The molecule has 1 fully saturated rings. The first kappa shape index (κ1) is 13.4. The Morgan fingerprint density at radius 2 is 1.83 bits per heavy atom. The first-order chi connectivity index (χ1) is 8.16. The van der Waals surface area contributed by atoms with Gasteiger partial charge in [0.05, 0.1) is 5.69 Å². The number of aryl methyl sites for hydroxylation is 1. The van der Waals surface area contributed by atoms with Crippen molar-refractivity contribution in [2.24, 2.45) is 16.7 Å². The summed E-state index contributed by atoms with van der Waals surface area (Å²) in [6.45, 7) is 16.9. The molecule has 1 heterocycles. The van der Waals surface area contributed by atoms with Crippen LogP contribution in [0, 0.1) is 23.7 Å². The summed E-state index contributed by atoms with van der Waals surface area (Å²) in [5, 5.41) is 3.64. The first-order valence-electron chi connectivity index (χ1n) is 6.96. The summed E-state index contributed by atoms with van der Waals surface area (Å²) in [6, 6.07) is 0.512. The normalized spacial score (nSPS) is 21.3. The Morgan fingerprint density at radius 3 is 2.28 bits per heavy atom. The molecule has 1 aliphatic carbocycles. The van der Waals surface area contributed by atoms with Crippen LogP contribution in [0.4, 0.5) is 5.95 Å². The number of nitrogens with one attached hydrogen (secondary N) is 1. The fourth-order valence-electron chi connectivity index (χ4n) is 2.88. The van der Waals surface area contributed by atoms with E-state index < -0.39 is 0 Å². The predicted molar refractivity (Wildman–Crippen MR) is 76.8 cm³/mol. The van der Waals surface area contributed by atoms with Crippen molar-refractivity contribution in [2.75, 3.05) is 5.32 Å². The summed E-state index contributed by atoms with van der Waals surface area (Å²) < 4.78 is 2.25. The van der Waals surface area contributed by atoms with Crippen molar-refractivity contribution in [1.82, 2.24) is 9.55 Å². The van der Waals surface area contributed by atoms with Gasteiger partial charge < -0.3 is 9.88 Å². The topological polar surface area (TPSA) is 29.9 Å². The van der Waals surface area contributed by atoms with Gasteiger partial charge in [-0.25, -0.2) is 4.98 Å². The summed E-state index contributed by atoms with van der Waals surface area (Å²) in [4.78, 5) is 4.63. The molecule has 1 aliphatic rings. The van der Waals surface area contributed by atoms with Gasteiger partial charge >= 0.3 is 0 Å². The minimum atomic E-state index is 0.343. The van der Waals surface area contributed by atoms with Gasteiger partial charge in [0.2, 0.25) is 5.95 Å². The van der Waals surface area contributed by atoms with Crippen LogP contribution in [0.15, 0.2) is 6.20 Å². The van der Waals surface area contributed by atoms with Gasteiger partial charge in [-0.3, -0.25) is 0 Å². The quantitative estimate of drug-likeness (QED) is 0.882. The van der Waals surface area contributed by atoms with Crippen LogP contribution >= 0.6 is 0 Å². The molecular weight excluding hydrogens is 222 g/mol. The number of hydrogen-bond acceptors (Lipinski definition) is 2. The molecule has 3 heteroatoms. The minimum Gasteiger partial charge on any atom is -0.352 e. The lowest BCUT2D eigenvalue weighted by atomic mass is 10.0. The average Bonchev–Trinajstić information content (AvgIpc) is 2.52. The van der Waals surface area contributed by atoms with Crippen molar-refractivity contribution in [1.29, 1.82) is 0 Å². The van der Waals surface area contributed by atoms with E-state index in [0.29, 0.717) is 22.8 Å². The van der Waals surface area contributed by atoms with E-state index >= 15 is 0 Å². The SMILES string of the molecule is Cc1cn(CC(C)C)c(NC2C(C)(C)C2(C)C)n1. The van der Waals surface area contributed by atoms with Gasteiger partial charge in [0.15, 0.2) is 0 Å². The highest BCUT2D eigenvalue weighted by atomic mass is 15.2. The van der Waals surface area contributed by atoms with Crippen molar-refractivity contribution in [3.05, 3.63) is 11.9 Å². The fourth-order valence-corrected chi connectivity index (χ4v) is 2.88. The van der Waals surface area contributed by atoms with Crippen LogP contribution in [0.5, 0.6) is 0 Å². The zero-order valence-electron chi connectivity index (χ0n) is 12.8. The molecule has 1 aromatic heterocycles. The maximum absolute atomic E-state index is 4.63. The van der Waals surface area contributed by atoms with Crippen molar-refractivity contribution >= 4 is 5.95 Å². The highest BCUT2D eigenvalue weighted by Crippen LogP contribution is 2.63. The van der Waals surface area contributed by atoms with Gasteiger partial charge in [-0.15, -0.1) is 0 Å². The highest BCUT2D eigenvalue weighted by Gasteiger charge is 2.65. The first-order valence-corrected chi connectivity index (χ1v) is 6.96. The van der Waals surface area contributed by atoms with Crippen molar-refractivity contribution in [2.45, 2.75) is 61.1 Å². The summed E-state index contributed by atoms with van der Waals surface area (Å²) in [5.41, 5.74) is 1.78. The van der Waals surface area contributed by atoms with E-state index in [0.717, 1.165) is 18.2 Å². The second-order valence-electron chi connectivity index (χ2n) is 7.27. The Kier molecular flexibility index (Phi) is 2.99. The molecule has 0 radical (unpaired) electrons. The van der Waals surface area contributed by atoms with Crippen LogP contribution in [0.2, 0.25) is 0 Å². The van der Waals surface area contributed by atoms with Crippen LogP contribution in [-0.2, 0) is 6.54 Å². The molecule has 0 spiro atoms. The predicted octanol–water partition coefficient (Wildman–Crippen LogP) is 3.69. The summed E-state index contributed by atoms with van der Waals surface area (Å²) in [7, 11) is 0. The fraction of sp³-hybridized carbons (Fsp3) is 0.800. The lowest BCUT2D eigenvalue weighted by Crippen LogP contribution is -2.16. The zero-order valence-corrected chi connectivity index (χ0v) is 12.8. The molecule has 0 saturated heterocycles. The van der Waals surface area contributed by atoms with E-state index in [-0.39, 0.29) is 0 Å². The molecule has 0 aromatic carbocycles. The van der Waals surface area contributed by atoms with Gasteiger partial charge in [0, 0.05) is 18.8 Å². The summed E-state index contributed by atoms with van der Waals surface area (Å²) in [6.07, 6.45) is 2.14. The molecule has 0 bridgehead atoms. The van der Waals surface area contributed by atoms with Crippen LogP contribution in [0.1, 0.15) is 47.2 Å². The molecular formula is C15H27N3. The van der Waals surface area contributed by atoms with E-state index in [2.05, 4.69) is 69.5 Å². The number of imidazole rings is 1.